The maximum atomic E-state index is 10.6. The van der Waals surface area contributed by atoms with Gasteiger partial charge < -0.3 is 5.32 Å². The third kappa shape index (κ3) is 3.54. The molecule has 0 aromatic rings. The second kappa shape index (κ2) is 4.82. The Labute approximate surface area is 81.8 Å². The molecule has 0 atom stereocenters. The van der Waals surface area contributed by atoms with Crippen molar-refractivity contribution in [1.82, 2.24) is 9.24 Å². The van der Waals surface area contributed by atoms with Crippen molar-refractivity contribution >= 4 is 22.1 Å². The molecule has 70 valence electrons. The van der Waals surface area contributed by atoms with Gasteiger partial charge in [-0.15, -0.1) is 0 Å². The van der Waals surface area contributed by atoms with Gasteiger partial charge in [0.25, 0.3) is 0 Å². The molecule has 1 aliphatic rings. The zero-order valence-electron chi connectivity index (χ0n) is 7.35. The van der Waals surface area contributed by atoms with Crippen LogP contribution in [-0.4, -0.2) is 29.5 Å². The molecule has 1 fully saturated rings. The van der Waals surface area contributed by atoms with E-state index >= 15 is 0 Å². The van der Waals surface area contributed by atoms with E-state index in [1.165, 1.54) is 12.8 Å². The SMILES string of the molecule is CC(=O)NCC1CCN(Br)CC1. The van der Waals surface area contributed by atoms with Crippen LogP contribution in [0.2, 0.25) is 0 Å². The molecule has 1 aliphatic heterocycles. The second-order valence-electron chi connectivity index (χ2n) is 3.29. The van der Waals surface area contributed by atoms with Crippen molar-refractivity contribution in [2.24, 2.45) is 5.92 Å². The van der Waals surface area contributed by atoms with Crippen LogP contribution in [0.4, 0.5) is 0 Å². The summed E-state index contributed by atoms with van der Waals surface area (Å²) in [6.07, 6.45) is 2.34. The highest BCUT2D eigenvalue weighted by Gasteiger charge is 2.17. The molecule has 12 heavy (non-hydrogen) atoms. The molecule has 0 radical (unpaired) electrons. The molecule has 1 N–H and O–H groups in total. The van der Waals surface area contributed by atoms with Gasteiger partial charge in [0.05, 0.1) is 0 Å². The summed E-state index contributed by atoms with van der Waals surface area (Å²) in [5.74, 6) is 0.749. The Morgan fingerprint density at radius 3 is 2.67 bits per heavy atom. The van der Waals surface area contributed by atoms with Crippen molar-refractivity contribution in [3.8, 4) is 0 Å². The Bertz CT molecular complexity index is 155. The fourth-order valence-electron chi connectivity index (χ4n) is 1.39. The average Bonchev–Trinajstić information content (AvgIpc) is 2.03. The highest BCUT2D eigenvalue weighted by atomic mass is 79.9. The van der Waals surface area contributed by atoms with Crippen LogP contribution in [0.25, 0.3) is 0 Å². The van der Waals surface area contributed by atoms with Crippen molar-refractivity contribution in [2.45, 2.75) is 19.8 Å². The quantitative estimate of drug-likeness (QED) is 0.728. The first-order chi connectivity index (χ1) is 5.68. The largest absolute Gasteiger partial charge is 0.356 e. The summed E-state index contributed by atoms with van der Waals surface area (Å²) in [6, 6.07) is 0. The van der Waals surface area contributed by atoms with Gasteiger partial charge in [0.2, 0.25) is 5.91 Å². The van der Waals surface area contributed by atoms with Gasteiger partial charge >= 0.3 is 0 Å². The molecule has 1 rings (SSSR count). The summed E-state index contributed by atoms with van der Waals surface area (Å²) in [4.78, 5) is 10.6. The number of piperidine rings is 1. The van der Waals surface area contributed by atoms with E-state index in [9.17, 15) is 4.79 Å². The summed E-state index contributed by atoms with van der Waals surface area (Å²) in [7, 11) is 0. The van der Waals surface area contributed by atoms with Crippen LogP contribution in [0.1, 0.15) is 19.8 Å². The van der Waals surface area contributed by atoms with Crippen molar-refractivity contribution in [3.63, 3.8) is 0 Å². The van der Waals surface area contributed by atoms with Crippen LogP contribution in [0.3, 0.4) is 0 Å². The first-order valence-corrected chi connectivity index (χ1v) is 5.04. The van der Waals surface area contributed by atoms with Crippen LogP contribution < -0.4 is 5.32 Å². The summed E-state index contributed by atoms with van der Waals surface area (Å²) < 4.78 is 2.15. The predicted molar refractivity (Wildman–Crippen MR) is 51.9 cm³/mol. The zero-order valence-corrected chi connectivity index (χ0v) is 8.93. The number of nitrogens with zero attached hydrogens (tertiary/aromatic N) is 1. The average molecular weight is 235 g/mol. The van der Waals surface area contributed by atoms with Gasteiger partial charge in [0.15, 0.2) is 0 Å². The first-order valence-electron chi connectivity index (χ1n) is 4.33. The van der Waals surface area contributed by atoms with Crippen LogP contribution in [0, 0.1) is 5.92 Å². The third-order valence-electron chi connectivity index (χ3n) is 2.20. The van der Waals surface area contributed by atoms with E-state index < -0.39 is 0 Å². The number of rotatable bonds is 2. The molecular weight excluding hydrogens is 220 g/mol. The maximum Gasteiger partial charge on any atom is 0.216 e. The molecule has 0 aromatic carbocycles. The predicted octanol–water partition coefficient (Wildman–Crippen LogP) is 1.14. The summed E-state index contributed by atoms with van der Waals surface area (Å²) in [6.45, 7) is 4.59. The van der Waals surface area contributed by atoms with E-state index in [0.29, 0.717) is 5.92 Å². The number of hydrogen-bond donors (Lipinski definition) is 1. The molecule has 3 nitrogen and oxygen atoms in total. The summed E-state index contributed by atoms with van der Waals surface area (Å²) >= 11 is 3.44. The molecule has 0 aliphatic carbocycles. The molecule has 0 spiro atoms. The minimum atomic E-state index is 0.0799. The van der Waals surface area contributed by atoms with Gasteiger partial charge in [-0.25, -0.2) is 3.93 Å². The van der Waals surface area contributed by atoms with Crippen molar-refractivity contribution in [1.29, 1.82) is 0 Å². The van der Waals surface area contributed by atoms with E-state index in [4.69, 9.17) is 0 Å². The molecular formula is C8H15BrN2O. The summed E-state index contributed by atoms with van der Waals surface area (Å²) in [5, 5.41) is 2.86. The third-order valence-corrected chi connectivity index (χ3v) is 2.91. The van der Waals surface area contributed by atoms with Gasteiger partial charge in [-0.05, 0) is 18.8 Å². The molecule has 0 aromatic heterocycles. The van der Waals surface area contributed by atoms with Gasteiger partial charge in [-0.1, -0.05) is 0 Å². The number of halogens is 1. The normalized spacial score (nSPS) is 20.8. The minimum absolute atomic E-state index is 0.0799. The molecule has 1 amide bonds. The molecule has 1 saturated heterocycles. The van der Waals surface area contributed by atoms with E-state index in [-0.39, 0.29) is 5.91 Å². The lowest BCUT2D eigenvalue weighted by Crippen LogP contribution is -2.34. The van der Waals surface area contributed by atoms with E-state index in [1.54, 1.807) is 6.92 Å². The Hall–Kier alpha value is -0.0900. The number of nitrogens with one attached hydrogen (secondary N) is 1. The molecule has 0 bridgehead atoms. The van der Waals surface area contributed by atoms with Crippen molar-refractivity contribution < 1.29 is 4.79 Å². The van der Waals surface area contributed by atoms with Crippen molar-refractivity contribution in [2.75, 3.05) is 19.6 Å². The Morgan fingerprint density at radius 1 is 1.58 bits per heavy atom. The number of carbonyl (C=O) groups excluding carboxylic acids is 1. The number of carbonyl (C=O) groups is 1. The smallest absolute Gasteiger partial charge is 0.216 e. The lowest BCUT2D eigenvalue weighted by Gasteiger charge is -2.27. The lowest BCUT2D eigenvalue weighted by molar-refractivity contribution is -0.119. The summed E-state index contributed by atoms with van der Waals surface area (Å²) in [5.41, 5.74) is 0. The second-order valence-corrected chi connectivity index (χ2v) is 4.29. The van der Waals surface area contributed by atoms with Crippen LogP contribution in [0.15, 0.2) is 0 Å². The zero-order chi connectivity index (χ0) is 8.97. The molecule has 0 unspecified atom stereocenters. The number of hydrogen-bond acceptors (Lipinski definition) is 2. The Kier molecular flexibility index (Phi) is 4.01. The van der Waals surface area contributed by atoms with Crippen LogP contribution in [0.5, 0.6) is 0 Å². The van der Waals surface area contributed by atoms with E-state index in [0.717, 1.165) is 19.6 Å². The number of amides is 1. The van der Waals surface area contributed by atoms with Crippen LogP contribution in [-0.2, 0) is 4.79 Å². The Balaban J connectivity index is 2.13. The first kappa shape index (κ1) is 9.99. The minimum Gasteiger partial charge on any atom is -0.356 e. The van der Waals surface area contributed by atoms with Gasteiger partial charge in [-0.3, -0.25) is 4.79 Å². The van der Waals surface area contributed by atoms with E-state index in [2.05, 4.69) is 25.4 Å². The highest BCUT2D eigenvalue weighted by Crippen LogP contribution is 2.18. The molecule has 4 heteroatoms. The molecule has 0 saturated carbocycles. The highest BCUT2D eigenvalue weighted by molar-refractivity contribution is 9.07. The monoisotopic (exact) mass is 234 g/mol. The fourth-order valence-corrected chi connectivity index (χ4v) is 1.80. The lowest BCUT2D eigenvalue weighted by atomic mass is 9.98. The molecule has 1 heterocycles. The Morgan fingerprint density at radius 2 is 2.17 bits per heavy atom. The van der Waals surface area contributed by atoms with E-state index in [1.807, 2.05) is 0 Å². The van der Waals surface area contributed by atoms with Crippen LogP contribution >= 0.6 is 16.1 Å². The van der Waals surface area contributed by atoms with Crippen molar-refractivity contribution in [3.05, 3.63) is 0 Å². The maximum absolute atomic E-state index is 10.6. The van der Waals surface area contributed by atoms with Gasteiger partial charge in [0, 0.05) is 42.7 Å². The fraction of sp³-hybridized carbons (Fsp3) is 0.875. The standard InChI is InChI=1S/C8H15BrN2O/c1-7(12)10-6-8-2-4-11(9)5-3-8/h8H,2-6H2,1H3,(H,10,12). The van der Waals surface area contributed by atoms with Gasteiger partial charge in [-0.2, -0.15) is 0 Å². The topological polar surface area (TPSA) is 32.3 Å². The van der Waals surface area contributed by atoms with Gasteiger partial charge in [0.1, 0.15) is 0 Å².